The molecular weight excluding hydrogens is 406 g/mol. The number of fused-ring (bicyclic) bond motifs is 1. The van der Waals surface area contributed by atoms with Gasteiger partial charge in [-0.15, -0.1) is 0 Å². The van der Waals surface area contributed by atoms with Gasteiger partial charge in [-0.1, -0.05) is 48.5 Å². The second kappa shape index (κ2) is 7.91. The molecule has 1 aromatic heterocycles. The second-order valence-corrected chi connectivity index (χ2v) is 10.8. The lowest BCUT2D eigenvalue weighted by Crippen LogP contribution is -2.28. The number of pyridine rings is 1. The quantitative estimate of drug-likeness (QED) is 0.463. The molecule has 0 radical (unpaired) electrons. The molecule has 4 nitrogen and oxygen atoms in total. The van der Waals surface area contributed by atoms with Gasteiger partial charge in [0.1, 0.15) is 0 Å². The topological polar surface area (TPSA) is 67.3 Å². The van der Waals surface area contributed by atoms with Crippen molar-refractivity contribution in [3.63, 3.8) is 0 Å². The first-order valence-corrected chi connectivity index (χ1v) is 12.0. The van der Waals surface area contributed by atoms with Crippen LogP contribution in [0.1, 0.15) is 25.0 Å². The van der Waals surface area contributed by atoms with Crippen LogP contribution in [0, 0.1) is 0 Å². The van der Waals surface area contributed by atoms with E-state index in [4.69, 9.17) is 0 Å². The van der Waals surface area contributed by atoms with Gasteiger partial charge in [-0.2, -0.15) is 0 Å². The highest BCUT2D eigenvalue weighted by Crippen LogP contribution is 2.38. The minimum Gasteiger partial charge on any atom is -0.392 e. The van der Waals surface area contributed by atoms with Crippen molar-refractivity contribution in [3.8, 4) is 22.3 Å². The smallest absolute Gasteiger partial charge is 0.156 e. The summed E-state index contributed by atoms with van der Waals surface area (Å²) in [6, 6.07) is 23.6. The van der Waals surface area contributed by atoms with Gasteiger partial charge in [-0.05, 0) is 65.9 Å². The third-order valence-corrected chi connectivity index (χ3v) is 8.09. The number of sulfone groups is 1. The fraction of sp³-hybridized carbons (Fsp3) is 0.192. The van der Waals surface area contributed by atoms with Crippen LogP contribution in [0.4, 0.5) is 0 Å². The molecule has 4 aromatic rings. The minimum absolute atomic E-state index is 0.127. The molecule has 1 heterocycles. The maximum Gasteiger partial charge on any atom is 0.156 e. The monoisotopic (exact) mass is 431 g/mol. The zero-order valence-electron chi connectivity index (χ0n) is 17.8. The average molecular weight is 432 g/mol. The van der Waals surface area contributed by atoms with Crippen LogP contribution in [-0.2, 0) is 21.2 Å². The molecule has 4 rings (SSSR count). The van der Waals surface area contributed by atoms with Crippen molar-refractivity contribution in [2.75, 3.05) is 6.26 Å². The number of nitrogens with zero attached hydrogens (tertiary/aromatic N) is 1. The van der Waals surface area contributed by atoms with Gasteiger partial charge in [-0.25, -0.2) is 8.42 Å². The maximum absolute atomic E-state index is 12.5. The van der Waals surface area contributed by atoms with E-state index in [1.54, 1.807) is 20.0 Å². The fourth-order valence-electron chi connectivity index (χ4n) is 3.73. The SMILES string of the molecule is CC(C)(c1cc(-c2cc(-c3ccccc3)ccc2CO)c2ncccc2c1)S(C)(=O)=O. The van der Waals surface area contributed by atoms with Crippen LogP contribution in [0.25, 0.3) is 33.2 Å². The van der Waals surface area contributed by atoms with Gasteiger partial charge in [-0.3, -0.25) is 4.98 Å². The number of hydrogen-bond acceptors (Lipinski definition) is 4. The Bertz CT molecular complexity index is 1360. The number of rotatable bonds is 5. The second-order valence-electron chi connectivity index (χ2n) is 8.28. The zero-order valence-corrected chi connectivity index (χ0v) is 18.6. The molecule has 158 valence electrons. The molecule has 5 heteroatoms. The first-order valence-electron chi connectivity index (χ1n) is 10.1. The normalized spacial score (nSPS) is 12.3. The van der Waals surface area contributed by atoms with E-state index in [-0.39, 0.29) is 6.61 Å². The molecule has 1 N–H and O–H groups in total. The van der Waals surface area contributed by atoms with Crippen LogP contribution >= 0.6 is 0 Å². The van der Waals surface area contributed by atoms with E-state index in [9.17, 15) is 13.5 Å². The van der Waals surface area contributed by atoms with E-state index in [1.165, 1.54) is 6.26 Å². The van der Waals surface area contributed by atoms with Gasteiger partial charge in [0, 0.05) is 23.4 Å². The standard InChI is InChI=1S/C26H25NO3S/c1-26(2,31(3,29)30)22-14-20-10-7-13-27-25(20)24(16-22)23-15-19(11-12-21(23)17-28)18-8-5-4-6-9-18/h4-16,28H,17H2,1-3H3. The lowest BCUT2D eigenvalue weighted by molar-refractivity contribution is 0.282. The Balaban J connectivity index is 2.04. The highest BCUT2D eigenvalue weighted by molar-refractivity contribution is 7.91. The van der Waals surface area contributed by atoms with Gasteiger partial charge in [0.05, 0.1) is 16.9 Å². The summed E-state index contributed by atoms with van der Waals surface area (Å²) in [5.41, 5.74) is 5.98. The zero-order chi connectivity index (χ0) is 22.2. The molecule has 0 saturated heterocycles. The van der Waals surface area contributed by atoms with E-state index in [0.717, 1.165) is 38.7 Å². The lowest BCUT2D eigenvalue weighted by atomic mass is 9.90. The van der Waals surface area contributed by atoms with E-state index >= 15 is 0 Å². The minimum atomic E-state index is -3.36. The van der Waals surface area contributed by atoms with Crippen LogP contribution in [0.2, 0.25) is 0 Å². The molecular formula is C26H25NO3S. The molecule has 0 bridgehead atoms. The van der Waals surface area contributed by atoms with Crippen LogP contribution in [0.15, 0.2) is 79.0 Å². The Morgan fingerprint density at radius 1 is 0.871 bits per heavy atom. The van der Waals surface area contributed by atoms with Gasteiger partial charge < -0.3 is 5.11 Å². The van der Waals surface area contributed by atoms with Gasteiger partial charge in [0.15, 0.2) is 9.84 Å². The fourth-order valence-corrected chi connectivity index (χ4v) is 4.28. The molecule has 3 aromatic carbocycles. The van der Waals surface area contributed by atoms with Gasteiger partial charge >= 0.3 is 0 Å². The Hall–Kier alpha value is -3.02. The van der Waals surface area contributed by atoms with Crippen LogP contribution < -0.4 is 0 Å². The molecule has 0 aliphatic carbocycles. The van der Waals surface area contributed by atoms with Gasteiger partial charge in [0.25, 0.3) is 0 Å². The van der Waals surface area contributed by atoms with E-state index in [0.29, 0.717) is 5.56 Å². The van der Waals surface area contributed by atoms with E-state index in [1.807, 2.05) is 72.8 Å². The Labute approximate surface area is 183 Å². The summed E-state index contributed by atoms with van der Waals surface area (Å²) >= 11 is 0. The lowest BCUT2D eigenvalue weighted by Gasteiger charge is -2.25. The number of aliphatic hydroxyl groups is 1. The Kier molecular flexibility index (Phi) is 5.42. The predicted octanol–water partition coefficient (Wildman–Crippen LogP) is 5.34. The van der Waals surface area contributed by atoms with Crippen LogP contribution in [0.3, 0.4) is 0 Å². The number of aliphatic hydroxyl groups excluding tert-OH is 1. The van der Waals surface area contributed by atoms with Crippen LogP contribution in [0.5, 0.6) is 0 Å². The molecule has 0 aliphatic heterocycles. The summed E-state index contributed by atoms with van der Waals surface area (Å²) < 4.78 is 24.0. The molecule has 0 unspecified atom stereocenters. The summed E-state index contributed by atoms with van der Waals surface area (Å²) in [5, 5.41) is 10.9. The highest BCUT2D eigenvalue weighted by atomic mass is 32.2. The van der Waals surface area contributed by atoms with Crippen molar-refractivity contribution in [3.05, 3.63) is 90.1 Å². The van der Waals surface area contributed by atoms with E-state index < -0.39 is 14.6 Å². The molecule has 0 saturated carbocycles. The van der Waals surface area contributed by atoms with E-state index in [2.05, 4.69) is 4.98 Å². The number of aromatic nitrogens is 1. The third kappa shape index (κ3) is 3.87. The highest BCUT2D eigenvalue weighted by Gasteiger charge is 2.33. The molecule has 0 aliphatic rings. The first-order chi connectivity index (χ1) is 14.7. The Morgan fingerprint density at radius 2 is 1.61 bits per heavy atom. The average Bonchev–Trinajstić information content (AvgIpc) is 2.77. The predicted molar refractivity (Wildman–Crippen MR) is 126 cm³/mol. The first kappa shape index (κ1) is 21.2. The van der Waals surface area contributed by atoms with Crippen molar-refractivity contribution in [1.82, 2.24) is 4.98 Å². The maximum atomic E-state index is 12.5. The molecule has 0 amide bonds. The molecule has 0 atom stereocenters. The van der Waals surface area contributed by atoms with Crippen molar-refractivity contribution in [2.45, 2.75) is 25.2 Å². The van der Waals surface area contributed by atoms with Crippen LogP contribution in [-0.4, -0.2) is 24.8 Å². The molecule has 0 spiro atoms. The molecule has 31 heavy (non-hydrogen) atoms. The third-order valence-electron chi connectivity index (χ3n) is 6.00. The summed E-state index contributed by atoms with van der Waals surface area (Å²) in [6.45, 7) is 3.31. The summed E-state index contributed by atoms with van der Waals surface area (Å²) in [5.74, 6) is 0. The summed E-state index contributed by atoms with van der Waals surface area (Å²) in [4.78, 5) is 4.59. The largest absolute Gasteiger partial charge is 0.392 e. The Morgan fingerprint density at radius 3 is 2.29 bits per heavy atom. The number of hydrogen-bond donors (Lipinski definition) is 1. The van der Waals surface area contributed by atoms with Crippen molar-refractivity contribution < 1.29 is 13.5 Å². The molecule has 0 fully saturated rings. The number of benzene rings is 3. The summed E-state index contributed by atoms with van der Waals surface area (Å²) in [6.07, 6.45) is 2.99. The summed E-state index contributed by atoms with van der Waals surface area (Å²) in [7, 11) is -3.36. The van der Waals surface area contributed by atoms with Gasteiger partial charge in [0.2, 0.25) is 0 Å². The van der Waals surface area contributed by atoms with Crippen molar-refractivity contribution >= 4 is 20.7 Å². The van der Waals surface area contributed by atoms with Crippen molar-refractivity contribution in [1.29, 1.82) is 0 Å². The van der Waals surface area contributed by atoms with Crippen molar-refractivity contribution in [2.24, 2.45) is 0 Å².